The molecule has 0 saturated heterocycles. The molecule has 0 unspecified atom stereocenters. The Morgan fingerprint density at radius 1 is 1.00 bits per heavy atom. The van der Waals surface area contributed by atoms with E-state index in [0.29, 0.717) is 0 Å². The lowest BCUT2D eigenvalue weighted by atomic mass is 9.95. The summed E-state index contributed by atoms with van der Waals surface area (Å²) in [5, 5.41) is 2.65. The smallest absolute Gasteiger partial charge is 0.262 e. The van der Waals surface area contributed by atoms with Gasteiger partial charge < -0.3 is 4.90 Å². The molecule has 0 saturated carbocycles. The van der Waals surface area contributed by atoms with Crippen molar-refractivity contribution in [1.29, 1.82) is 0 Å². The lowest BCUT2D eigenvalue weighted by Crippen LogP contribution is -2.29. The van der Waals surface area contributed by atoms with Crippen LogP contribution in [0.1, 0.15) is 35.4 Å². The number of hydrogen-bond donors (Lipinski definition) is 0. The Morgan fingerprint density at radius 3 is 2.67 bits per heavy atom. The van der Waals surface area contributed by atoms with Crippen LogP contribution >= 0.6 is 23.1 Å². The molecule has 0 amide bonds. The third kappa shape index (κ3) is 3.63. The SMILES string of the molecule is Cc1ccc2c(c1)S/C(=C\C1=CC(=C/c3sc4cc(C)ccc4[n+]3C)/CCC1)N2C. The minimum atomic E-state index is 1.16. The molecule has 0 atom stereocenters. The second-order valence-electron chi connectivity index (χ2n) is 8.38. The summed E-state index contributed by atoms with van der Waals surface area (Å²) in [6, 6.07) is 13.5. The first kappa shape index (κ1) is 19.7. The first-order valence-corrected chi connectivity index (χ1v) is 12.2. The number of hydrogen-bond acceptors (Lipinski definition) is 3. The molecule has 2 nitrogen and oxygen atoms in total. The maximum absolute atomic E-state index is 2.41. The molecule has 4 heteroatoms. The molecule has 1 aliphatic heterocycles. The summed E-state index contributed by atoms with van der Waals surface area (Å²) >= 11 is 3.78. The van der Waals surface area contributed by atoms with Crippen molar-refractivity contribution >= 4 is 45.1 Å². The highest BCUT2D eigenvalue weighted by Gasteiger charge is 2.23. The Balaban J connectivity index is 1.45. The van der Waals surface area contributed by atoms with Crippen LogP contribution < -0.4 is 9.47 Å². The molecule has 2 aromatic carbocycles. The van der Waals surface area contributed by atoms with E-state index in [1.54, 1.807) is 0 Å². The van der Waals surface area contributed by atoms with Crippen molar-refractivity contribution in [2.24, 2.45) is 7.05 Å². The summed E-state index contributed by atoms with van der Waals surface area (Å²) in [5.74, 6) is 0. The number of aromatic nitrogens is 1. The highest BCUT2D eigenvalue weighted by atomic mass is 32.2. The van der Waals surface area contributed by atoms with Crippen LogP contribution in [0.3, 0.4) is 0 Å². The Labute approximate surface area is 187 Å². The normalized spacial score (nSPS) is 19.1. The van der Waals surface area contributed by atoms with Gasteiger partial charge in [-0.2, -0.15) is 4.57 Å². The summed E-state index contributed by atoms with van der Waals surface area (Å²) in [6.07, 6.45) is 10.7. The van der Waals surface area contributed by atoms with Crippen LogP contribution in [0.25, 0.3) is 16.3 Å². The van der Waals surface area contributed by atoms with Crippen molar-refractivity contribution in [1.82, 2.24) is 0 Å². The van der Waals surface area contributed by atoms with Crippen LogP contribution in [0.2, 0.25) is 0 Å². The topological polar surface area (TPSA) is 7.12 Å². The fourth-order valence-electron chi connectivity index (χ4n) is 4.24. The summed E-state index contributed by atoms with van der Waals surface area (Å²) < 4.78 is 3.69. The fourth-order valence-corrected chi connectivity index (χ4v) is 6.69. The second kappa shape index (κ2) is 7.75. The Hall–Kier alpha value is -2.30. The highest BCUT2D eigenvalue weighted by Crippen LogP contribution is 2.46. The number of fused-ring (bicyclic) bond motifs is 2. The molecule has 2 aliphatic rings. The summed E-state index contributed by atoms with van der Waals surface area (Å²) in [6.45, 7) is 4.33. The van der Waals surface area contributed by atoms with Crippen molar-refractivity contribution in [3.05, 3.63) is 80.9 Å². The van der Waals surface area contributed by atoms with Crippen LogP contribution in [0, 0.1) is 13.8 Å². The van der Waals surface area contributed by atoms with Gasteiger partial charge in [-0.15, -0.1) is 0 Å². The minimum Gasteiger partial charge on any atom is -0.338 e. The molecule has 1 aliphatic carbocycles. The lowest BCUT2D eigenvalue weighted by molar-refractivity contribution is -0.642. The quantitative estimate of drug-likeness (QED) is 0.407. The summed E-state index contributed by atoms with van der Waals surface area (Å²) in [5.41, 5.74) is 8.15. The fraction of sp³-hybridized carbons (Fsp3) is 0.269. The van der Waals surface area contributed by atoms with Gasteiger partial charge in [-0.25, -0.2) is 0 Å². The summed E-state index contributed by atoms with van der Waals surface area (Å²) in [7, 11) is 4.36. The predicted molar refractivity (Wildman–Crippen MR) is 131 cm³/mol. The molecule has 5 rings (SSSR count). The first-order chi connectivity index (χ1) is 14.5. The van der Waals surface area contributed by atoms with E-state index in [2.05, 4.69) is 92.0 Å². The van der Waals surface area contributed by atoms with Crippen molar-refractivity contribution in [3.63, 3.8) is 0 Å². The van der Waals surface area contributed by atoms with E-state index in [0.717, 1.165) is 12.8 Å². The molecule has 2 heterocycles. The van der Waals surface area contributed by atoms with Gasteiger partial charge in [-0.1, -0.05) is 41.3 Å². The highest BCUT2D eigenvalue weighted by molar-refractivity contribution is 8.03. The molecule has 0 spiro atoms. The molecule has 0 fully saturated rings. The van der Waals surface area contributed by atoms with E-state index in [4.69, 9.17) is 0 Å². The Bertz CT molecular complexity index is 1240. The van der Waals surface area contributed by atoms with Crippen molar-refractivity contribution in [2.75, 3.05) is 11.9 Å². The van der Waals surface area contributed by atoms with E-state index >= 15 is 0 Å². The van der Waals surface area contributed by atoms with Gasteiger partial charge in [0.1, 0.15) is 11.7 Å². The van der Waals surface area contributed by atoms with E-state index < -0.39 is 0 Å². The number of aryl methyl sites for hydroxylation is 3. The van der Waals surface area contributed by atoms with Gasteiger partial charge >= 0.3 is 0 Å². The number of thioether (sulfide) groups is 1. The van der Waals surface area contributed by atoms with Crippen molar-refractivity contribution < 1.29 is 4.57 Å². The molecule has 30 heavy (non-hydrogen) atoms. The molecule has 3 aromatic rings. The van der Waals surface area contributed by atoms with Crippen LogP contribution in [0.5, 0.6) is 0 Å². The van der Waals surface area contributed by atoms with Gasteiger partial charge in [0.05, 0.1) is 10.7 Å². The van der Waals surface area contributed by atoms with Crippen LogP contribution in [0.4, 0.5) is 5.69 Å². The summed E-state index contributed by atoms with van der Waals surface area (Å²) in [4.78, 5) is 3.69. The average molecular weight is 432 g/mol. The standard InChI is InChI=1S/C26H27N2S2/c1-17-8-10-21-23(12-17)29-25(27(21)3)15-19-6-5-7-20(14-19)16-26-28(4)22-11-9-18(2)13-24(22)30-26/h8-16H,5-7H2,1-4H3/q+1. The van der Waals surface area contributed by atoms with Crippen LogP contribution in [-0.2, 0) is 7.05 Å². The number of allylic oxidation sites excluding steroid dienone is 4. The zero-order valence-electron chi connectivity index (χ0n) is 18.0. The molecule has 0 N–H and O–H groups in total. The number of benzene rings is 2. The van der Waals surface area contributed by atoms with E-state index in [-0.39, 0.29) is 0 Å². The molecular formula is C26H27N2S2+. The van der Waals surface area contributed by atoms with Crippen LogP contribution in [0.15, 0.2) is 69.6 Å². The van der Waals surface area contributed by atoms with Gasteiger partial charge in [0, 0.05) is 24.1 Å². The van der Waals surface area contributed by atoms with Gasteiger partial charge in [0.15, 0.2) is 0 Å². The monoisotopic (exact) mass is 431 g/mol. The van der Waals surface area contributed by atoms with E-state index in [1.165, 1.54) is 59.5 Å². The lowest BCUT2D eigenvalue weighted by Gasteiger charge is -2.16. The molecule has 1 aromatic heterocycles. The number of anilines is 1. The minimum absolute atomic E-state index is 1.16. The van der Waals surface area contributed by atoms with Crippen molar-refractivity contribution in [2.45, 2.75) is 38.0 Å². The number of nitrogens with zero attached hydrogens (tertiary/aromatic N) is 2. The van der Waals surface area contributed by atoms with Gasteiger partial charge in [0.2, 0.25) is 5.52 Å². The van der Waals surface area contributed by atoms with E-state index in [9.17, 15) is 0 Å². The van der Waals surface area contributed by atoms with Crippen LogP contribution in [-0.4, -0.2) is 7.05 Å². The first-order valence-electron chi connectivity index (χ1n) is 10.5. The molecular weight excluding hydrogens is 404 g/mol. The van der Waals surface area contributed by atoms with Crippen molar-refractivity contribution in [3.8, 4) is 0 Å². The maximum atomic E-state index is 2.41. The maximum Gasteiger partial charge on any atom is 0.262 e. The molecule has 0 bridgehead atoms. The van der Waals surface area contributed by atoms with Gasteiger partial charge in [-0.3, -0.25) is 0 Å². The molecule has 0 radical (unpaired) electrons. The van der Waals surface area contributed by atoms with E-state index in [1.807, 2.05) is 23.1 Å². The molecule has 152 valence electrons. The number of thiazole rings is 1. The van der Waals surface area contributed by atoms with Gasteiger partial charge in [0.25, 0.3) is 5.01 Å². The van der Waals surface area contributed by atoms with Gasteiger partial charge in [-0.05, 0) is 79.7 Å². The number of rotatable bonds is 2. The Kier molecular flexibility index (Phi) is 5.08. The zero-order valence-corrected chi connectivity index (χ0v) is 19.7. The second-order valence-corrected chi connectivity index (χ2v) is 10.5. The third-order valence-corrected chi connectivity index (χ3v) is 8.26. The average Bonchev–Trinajstić information content (AvgIpc) is 3.18. The third-order valence-electron chi connectivity index (χ3n) is 5.96. The zero-order chi connectivity index (χ0) is 20.8. The predicted octanol–water partition coefficient (Wildman–Crippen LogP) is 6.92. The Morgan fingerprint density at radius 2 is 1.80 bits per heavy atom. The largest absolute Gasteiger partial charge is 0.338 e.